The van der Waals surface area contributed by atoms with Gasteiger partial charge in [0.1, 0.15) is 11.4 Å². The molecule has 0 aliphatic carbocycles. The van der Waals surface area contributed by atoms with Gasteiger partial charge in [0.05, 0.1) is 11.1 Å². The highest BCUT2D eigenvalue weighted by Crippen LogP contribution is 2.34. The molecule has 6 nitrogen and oxygen atoms in total. The Morgan fingerprint density at radius 2 is 2.04 bits per heavy atom. The molecule has 0 unspecified atom stereocenters. The number of carbonyl (C=O) groups excluding carboxylic acids is 2. The molecule has 1 N–H and O–H groups in total. The van der Waals surface area contributed by atoms with Gasteiger partial charge in [-0.3, -0.25) is 4.79 Å². The number of fused-ring (bicyclic) bond motifs is 1. The molecule has 136 valence electrons. The highest BCUT2D eigenvalue weighted by molar-refractivity contribution is 6.33. The quantitative estimate of drug-likeness (QED) is 0.807. The third kappa shape index (κ3) is 3.88. The number of nitrogens with one attached hydrogen (secondary N) is 1. The van der Waals surface area contributed by atoms with Gasteiger partial charge < -0.3 is 19.5 Å². The van der Waals surface area contributed by atoms with Gasteiger partial charge in [0.25, 0.3) is 5.91 Å². The van der Waals surface area contributed by atoms with Crippen LogP contribution in [0.2, 0.25) is 5.02 Å². The maximum absolute atomic E-state index is 13.7. The monoisotopic (exact) mass is 379 g/mol. The van der Waals surface area contributed by atoms with Gasteiger partial charge in [0.15, 0.2) is 18.1 Å². The number of hydrogen-bond acceptors (Lipinski definition) is 5. The molecule has 26 heavy (non-hydrogen) atoms. The van der Waals surface area contributed by atoms with Crippen molar-refractivity contribution in [1.29, 1.82) is 0 Å². The Morgan fingerprint density at radius 3 is 2.81 bits per heavy atom. The molecule has 2 aromatic carbocycles. The van der Waals surface area contributed by atoms with E-state index in [1.165, 1.54) is 12.1 Å². The molecule has 2 aromatic rings. The van der Waals surface area contributed by atoms with Crippen LogP contribution >= 0.6 is 11.6 Å². The summed E-state index contributed by atoms with van der Waals surface area (Å²) in [5.41, 5.74) is 0.400. The second kappa shape index (κ2) is 7.61. The van der Waals surface area contributed by atoms with Gasteiger partial charge in [-0.2, -0.15) is 0 Å². The zero-order valence-corrected chi connectivity index (χ0v) is 14.5. The first-order valence-corrected chi connectivity index (χ1v) is 8.13. The van der Waals surface area contributed by atoms with Crippen LogP contribution in [0.15, 0.2) is 36.4 Å². The van der Waals surface area contributed by atoms with Crippen molar-refractivity contribution in [1.82, 2.24) is 5.32 Å². The van der Waals surface area contributed by atoms with E-state index in [1.54, 1.807) is 25.1 Å². The van der Waals surface area contributed by atoms with Crippen LogP contribution in [-0.4, -0.2) is 25.3 Å². The summed E-state index contributed by atoms with van der Waals surface area (Å²) in [7, 11) is 0. The van der Waals surface area contributed by atoms with Gasteiger partial charge in [-0.25, -0.2) is 9.18 Å². The molecule has 0 saturated carbocycles. The standard InChI is InChI=1S/C18H15ClFNO5/c1-10(11-5-6-14-15(7-11)26-9-25-14)21-16(22)8-24-18(23)17-12(19)3-2-4-13(17)20/h2-7,10H,8-9H2,1H3,(H,21,22)/t10-/m1/s1. The molecule has 0 bridgehead atoms. The van der Waals surface area contributed by atoms with Gasteiger partial charge in [-0.1, -0.05) is 23.7 Å². The summed E-state index contributed by atoms with van der Waals surface area (Å²) in [6, 6.07) is 8.78. The summed E-state index contributed by atoms with van der Waals surface area (Å²) in [6.45, 7) is 1.37. The lowest BCUT2D eigenvalue weighted by Gasteiger charge is -2.15. The predicted octanol–water partition coefficient (Wildman–Crippen LogP) is 3.24. The Labute approximate surface area is 153 Å². The average Bonchev–Trinajstić information content (AvgIpc) is 3.07. The van der Waals surface area contributed by atoms with Crippen molar-refractivity contribution in [2.45, 2.75) is 13.0 Å². The number of rotatable bonds is 5. The summed E-state index contributed by atoms with van der Waals surface area (Å²) in [4.78, 5) is 23.9. The Balaban J connectivity index is 1.56. The normalized spacial score (nSPS) is 13.2. The lowest BCUT2D eigenvalue weighted by atomic mass is 10.1. The van der Waals surface area contributed by atoms with Gasteiger partial charge in [-0.15, -0.1) is 0 Å². The average molecular weight is 380 g/mol. The number of carbonyl (C=O) groups is 2. The second-order valence-electron chi connectivity index (χ2n) is 5.57. The smallest absolute Gasteiger partial charge is 0.343 e. The molecule has 8 heteroatoms. The maximum Gasteiger partial charge on any atom is 0.343 e. The summed E-state index contributed by atoms with van der Waals surface area (Å²) >= 11 is 5.79. The number of esters is 1. The van der Waals surface area contributed by atoms with Crippen LogP contribution in [0, 0.1) is 5.82 Å². The van der Waals surface area contributed by atoms with E-state index in [0.29, 0.717) is 11.5 Å². The Kier molecular flexibility index (Phi) is 5.27. The minimum atomic E-state index is -1.00. The molecule has 1 atom stereocenters. The van der Waals surface area contributed by atoms with Crippen LogP contribution in [0.1, 0.15) is 28.9 Å². The Hall–Kier alpha value is -2.80. The maximum atomic E-state index is 13.7. The highest BCUT2D eigenvalue weighted by Gasteiger charge is 2.20. The van der Waals surface area contributed by atoms with Crippen molar-refractivity contribution in [2.24, 2.45) is 0 Å². The van der Waals surface area contributed by atoms with Crippen molar-refractivity contribution in [3.63, 3.8) is 0 Å². The van der Waals surface area contributed by atoms with Gasteiger partial charge in [0, 0.05) is 0 Å². The van der Waals surface area contributed by atoms with E-state index >= 15 is 0 Å². The Bertz CT molecular complexity index is 837. The van der Waals surface area contributed by atoms with Crippen molar-refractivity contribution in [3.8, 4) is 11.5 Å². The summed E-state index contributed by atoms with van der Waals surface area (Å²) < 4.78 is 29.0. The van der Waals surface area contributed by atoms with Crippen molar-refractivity contribution in [2.75, 3.05) is 13.4 Å². The first kappa shape index (κ1) is 18.0. The second-order valence-corrected chi connectivity index (χ2v) is 5.98. The van der Waals surface area contributed by atoms with Crippen LogP contribution in [0.3, 0.4) is 0 Å². The number of hydrogen-bond donors (Lipinski definition) is 1. The molecule has 0 spiro atoms. The minimum absolute atomic E-state index is 0.0795. The van der Waals surface area contributed by atoms with Crippen LogP contribution in [-0.2, 0) is 9.53 Å². The number of amides is 1. The minimum Gasteiger partial charge on any atom is -0.454 e. The largest absolute Gasteiger partial charge is 0.454 e. The van der Waals surface area contributed by atoms with E-state index in [0.717, 1.165) is 11.6 Å². The van der Waals surface area contributed by atoms with E-state index in [-0.39, 0.29) is 17.9 Å². The molecule has 1 heterocycles. The molecule has 0 saturated heterocycles. The van der Waals surface area contributed by atoms with Crippen molar-refractivity contribution >= 4 is 23.5 Å². The lowest BCUT2D eigenvalue weighted by Crippen LogP contribution is -2.31. The third-order valence-electron chi connectivity index (χ3n) is 3.78. The van der Waals surface area contributed by atoms with Crippen LogP contribution in [0.25, 0.3) is 0 Å². The summed E-state index contributed by atoms with van der Waals surface area (Å²) in [5.74, 6) is -1.10. The number of halogens is 2. The zero-order chi connectivity index (χ0) is 18.7. The molecule has 0 radical (unpaired) electrons. The van der Waals surface area contributed by atoms with Gasteiger partial charge >= 0.3 is 5.97 Å². The lowest BCUT2D eigenvalue weighted by molar-refractivity contribution is -0.124. The van der Waals surface area contributed by atoms with Crippen LogP contribution in [0.5, 0.6) is 11.5 Å². The van der Waals surface area contributed by atoms with Crippen LogP contribution < -0.4 is 14.8 Å². The van der Waals surface area contributed by atoms with Gasteiger partial charge in [0.2, 0.25) is 6.79 Å². The molecule has 3 rings (SSSR count). The van der Waals surface area contributed by atoms with E-state index in [4.69, 9.17) is 25.8 Å². The first-order valence-electron chi connectivity index (χ1n) is 7.75. The third-order valence-corrected chi connectivity index (χ3v) is 4.09. The first-order chi connectivity index (χ1) is 12.5. The van der Waals surface area contributed by atoms with E-state index in [1.807, 2.05) is 0 Å². The summed E-state index contributed by atoms with van der Waals surface area (Å²) in [5, 5.41) is 2.60. The van der Waals surface area contributed by atoms with Crippen molar-refractivity contribution < 1.29 is 28.2 Å². The predicted molar refractivity (Wildman–Crippen MR) is 90.8 cm³/mol. The van der Waals surface area contributed by atoms with Crippen LogP contribution in [0.4, 0.5) is 4.39 Å². The fraction of sp³-hybridized carbons (Fsp3) is 0.222. The molecule has 0 aromatic heterocycles. The van der Waals surface area contributed by atoms with E-state index in [2.05, 4.69) is 5.32 Å². The SMILES string of the molecule is C[C@@H](NC(=O)COC(=O)c1c(F)cccc1Cl)c1ccc2c(c1)OCO2. The van der Waals surface area contributed by atoms with E-state index < -0.39 is 29.9 Å². The number of ether oxygens (including phenoxy) is 3. The zero-order valence-electron chi connectivity index (χ0n) is 13.8. The molecule has 1 aliphatic rings. The van der Waals surface area contributed by atoms with E-state index in [9.17, 15) is 14.0 Å². The molecule has 0 fully saturated rings. The molecule has 1 aliphatic heterocycles. The fourth-order valence-electron chi connectivity index (χ4n) is 2.45. The molecule has 1 amide bonds. The topological polar surface area (TPSA) is 73.9 Å². The van der Waals surface area contributed by atoms with Crippen molar-refractivity contribution in [3.05, 3.63) is 58.4 Å². The highest BCUT2D eigenvalue weighted by atomic mass is 35.5. The number of benzene rings is 2. The fourth-order valence-corrected chi connectivity index (χ4v) is 2.69. The Morgan fingerprint density at radius 1 is 1.27 bits per heavy atom. The molecular formula is C18H15ClFNO5. The summed E-state index contributed by atoms with van der Waals surface area (Å²) in [6.07, 6.45) is 0. The molecular weight excluding hydrogens is 365 g/mol. The van der Waals surface area contributed by atoms with Gasteiger partial charge in [-0.05, 0) is 36.8 Å².